The normalized spacial score (nSPS) is 11.2. The lowest BCUT2D eigenvalue weighted by atomic mass is 9.84. The lowest BCUT2D eigenvalue weighted by molar-refractivity contribution is -0.385. The van der Waals surface area contributed by atoms with Crippen LogP contribution in [0.3, 0.4) is 0 Å². The number of rotatable bonds is 6. The summed E-state index contributed by atoms with van der Waals surface area (Å²) in [6.07, 6.45) is 0. The lowest BCUT2D eigenvalue weighted by Gasteiger charge is -2.25. The second kappa shape index (κ2) is 9.03. The van der Waals surface area contributed by atoms with Crippen molar-refractivity contribution in [2.24, 2.45) is 0 Å². The van der Waals surface area contributed by atoms with Crippen molar-refractivity contribution in [2.45, 2.75) is 19.8 Å². The van der Waals surface area contributed by atoms with Crippen LogP contribution >= 0.6 is 0 Å². The van der Waals surface area contributed by atoms with Gasteiger partial charge in [0.15, 0.2) is 0 Å². The molecule has 36 heavy (non-hydrogen) atoms. The SMILES string of the molecule is Cc1nn(-c2ccccc2)c([O-])c1C(c1ccccc1[N+](=O)[O-])c1c(C)nn(-c2ccccc2)c1[O-]. The highest BCUT2D eigenvalue weighted by Gasteiger charge is 2.32. The van der Waals surface area contributed by atoms with E-state index in [9.17, 15) is 20.3 Å². The highest BCUT2D eigenvalue weighted by atomic mass is 16.6. The number of para-hydroxylation sites is 3. The van der Waals surface area contributed by atoms with Crippen LogP contribution in [0.1, 0.15) is 34.0 Å². The minimum absolute atomic E-state index is 0.194. The first-order valence-corrected chi connectivity index (χ1v) is 11.3. The standard InChI is InChI=1S/C27H23N5O4/c1-17-23(26(33)30(28-17)19-11-5-3-6-12-19)25(21-15-9-10-16-22(21)32(35)36)24-18(2)29-31(27(24)34)20-13-7-4-8-14-20/h3-16,25,33-34H,1-2H3/p-2. The van der Waals surface area contributed by atoms with Crippen molar-refractivity contribution >= 4 is 5.69 Å². The van der Waals surface area contributed by atoms with Crippen molar-refractivity contribution in [1.29, 1.82) is 0 Å². The van der Waals surface area contributed by atoms with Gasteiger partial charge in [-0.15, -0.1) is 0 Å². The molecule has 0 saturated carbocycles. The van der Waals surface area contributed by atoms with Gasteiger partial charge in [-0.1, -0.05) is 54.6 Å². The molecule has 0 aliphatic carbocycles. The van der Waals surface area contributed by atoms with E-state index in [4.69, 9.17) is 0 Å². The number of hydrogen-bond donors (Lipinski definition) is 0. The van der Waals surface area contributed by atoms with Crippen molar-refractivity contribution in [1.82, 2.24) is 19.6 Å². The van der Waals surface area contributed by atoms with Gasteiger partial charge in [0, 0.05) is 17.5 Å². The molecule has 0 bridgehead atoms. The molecular weight excluding hydrogens is 458 g/mol. The monoisotopic (exact) mass is 479 g/mol. The third-order valence-electron chi connectivity index (χ3n) is 6.15. The number of benzene rings is 3. The van der Waals surface area contributed by atoms with E-state index in [1.54, 1.807) is 80.6 Å². The fraction of sp³-hybridized carbons (Fsp3) is 0.111. The number of hydrogen-bond acceptors (Lipinski definition) is 6. The summed E-state index contributed by atoms with van der Waals surface area (Å²) in [5.74, 6) is -1.94. The molecule has 2 aromatic heterocycles. The zero-order valence-electron chi connectivity index (χ0n) is 19.5. The first-order chi connectivity index (χ1) is 17.4. The lowest BCUT2D eigenvalue weighted by Crippen LogP contribution is -2.14. The third kappa shape index (κ3) is 3.76. The number of aryl methyl sites for hydroxylation is 2. The van der Waals surface area contributed by atoms with Gasteiger partial charge < -0.3 is 10.2 Å². The van der Waals surface area contributed by atoms with E-state index >= 15 is 0 Å². The molecule has 0 atom stereocenters. The van der Waals surface area contributed by atoms with E-state index in [0.29, 0.717) is 22.8 Å². The van der Waals surface area contributed by atoms with Crippen LogP contribution in [0.15, 0.2) is 84.9 Å². The van der Waals surface area contributed by atoms with Crippen LogP contribution < -0.4 is 10.2 Å². The summed E-state index contributed by atoms with van der Waals surface area (Å²) in [4.78, 5) is 11.5. The summed E-state index contributed by atoms with van der Waals surface area (Å²) in [6.45, 7) is 3.33. The summed E-state index contributed by atoms with van der Waals surface area (Å²) in [5.41, 5.74) is 2.27. The van der Waals surface area contributed by atoms with Crippen LogP contribution in [-0.4, -0.2) is 24.5 Å². The molecule has 0 N–H and O–H groups in total. The minimum atomic E-state index is -1.04. The first-order valence-electron chi connectivity index (χ1n) is 11.3. The summed E-state index contributed by atoms with van der Waals surface area (Å²) < 4.78 is 2.52. The van der Waals surface area contributed by atoms with E-state index in [2.05, 4.69) is 10.2 Å². The van der Waals surface area contributed by atoms with Crippen LogP contribution in [0.4, 0.5) is 5.69 Å². The van der Waals surface area contributed by atoms with Crippen LogP contribution in [0.5, 0.6) is 11.8 Å². The van der Waals surface area contributed by atoms with Crippen molar-refractivity contribution in [3.63, 3.8) is 0 Å². The van der Waals surface area contributed by atoms with Gasteiger partial charge in [-0.2, -0.15) is 10.2 Å². The van der Waals surface area contributed by atoms with Crippen molar-refractivity contribution in [2.75, 3.05) is 0 Å². The van der Waals surface area contributed by atoms with E-state index < -0.39 is 22.6 Å². The Morgan fingerprint density at radius 1 is 0.694 bits per heavy atom. The van der Waals surface area contributed by atoms with E-state index in [1.165, 1.54) is 15.4 Å². The van der Waals surface area contributed by atoms with E-state index in [0.717, 1.165) is 0 Å². The molecule has 0 amide bonds. The van der Waals surface area contributed by atoms with Crippen LogP contribution in [0, 0.1) is 24.0 Å². The van der Waals surface area contributed by atoms with Gasteiger partial charge in [0.05, 0.1) is 27.7 Å². The zero-order valence-corrected chi connectivity index (χ0v) is 19.5. The Balaban J connectivity index is 1.81. The van der Waals surface area contributed by atoms with Gasteiger partial charge in [0.25, 0.3) is 5.69 Å². The molecule has 9 nitrogen and oxygen atoms in total. The van der Waals surface area contributed by atoms with Gasteiger partial charge in [0.1, 0.15) is 0 Å². The number of nitro benzene ring substituents is 1. The van der Waals surface area contributed by atoms with Crippen molar-refractivity contribution in [3.8, 4) is 23.1 Å². The van der Waals surface area contributed by atoms with Crippen LogP contribution in [-0.2, 0) is 0 Å². The fourth-order valence-electron chi connectivity index (χ4n) is 4.54. The average Bonchev–Trinajstić information content (AvgIpc) is 3.36. The molecule has 9 heteroatoms. The molecule has 0 saturated heterocycles. The Morgan fingerprint density at radius 2 is 1.11 bits per heavy atom. The number of nitro groups is 1. The van der Waals surface area contributed by atoms with Gasteiger partial charge in [-0.25, -0.2) is 9.36 Å². The number of aromatic nitrogens is 4. The average molecular weight is 479 g/mol. The Morgan fingerprint density at radius 3 is 1.56 bits per heavy atom. The molecule has 0 radical (unpaired) electrons. The molecule has 0 unspecified atom stereocenters. The maximum atomic E-state index is 13.8. The molecule has 5 rings (SSSR count). The third-order valence-corrected chi connectivity index (χ3v) is 6.15. The molecule has 5 aromatic rings. The first kappa shape index (κ1) is 22.9. The summed E-state index contributed by atoms with van der Waals surface area (Å²) in [5, 5.41) is 48.4. The van der Waals surface area contributed by atoms with Gasteiger partial charge >= 0.3 is 0 Å². The zero-order chi connectivity index (χ0) is 25.4. The predicted octanol–water partition coefficient (Wildman–Crippen LogP) is 3.91. The highest BCUT2D eigenvalue weighted by Crippen LogP contribution is 2.45. The second-order valence-electron chi connectivity index (χ2n) is 8.35. The van der Waals surface area contributed by atoms with Crippen LogP contribution in [0.2, 0.25) is 0 Å². The molecular formula is C27H21N5O4-2. The molecule has 0 fully saturated rings. The Hall–Kier alpha value is -4.92. The summed E-state index contributed by atoms with van der Waals surface area (Å²) >= 11 is 0. The van der Waals surface area contributed by atoms with E-state index in [-0.39, 0.29) is 22.4 Å². The molecule has 180 valence electrons. The molecule has 0 spiro atoms. The molecule has 2 heterocycles. The topological polar surface area (TPSA) is 125 Å². The second-order valence-corrected chi connectivity index (χ2v) is 8.35. The molecule has 0 aliphatic rings. The van der Waals surface area contributed by atoms with Crippen molar-refractivity contribution < 1.29 is 15.1 Å². The Bertz CT molecular complexity index is 1470. The Kier molecular flexibility index (Phi) is 5.73. The van der Waals surface area contributed by atoms with Crippen molar-refractivity contribution in [3.05, 3.63) is 123 Å². The predicted molar refractivity (Wildman–Crippen MR) is 130 cm³/mol. The van der Waals surface area contributed by atoms with Gasteiger partial charge in [-0.3, -0.25) is 10.1 Å². The Labute approximate surface area is 206 Å². The molecule has 3 aromatic carbocycles. The summed E-state index contributed by atoms with van der Waals surface area (Å²) in [7, 11) is 0. The maximum absolute atomic E-state index is 13.8. The van der Waals surface area contributed by atoms with Crippen LogP contribution in [0.25, 0.3) is 11.4 Å². The fourth-order valence-corrected chi connectivity index (χ4v) is 4.54. The van der Waals surface area contributed by atoms with Gasteiger partial charge in [0.2, 0.25) is 0 Å². The smallest absolute Gasteiger partial charge is 0.273 e. The number of nitrogens with zero attached hydrogens (tertiary/aromatic N) is 5. The van der Waals surface area contributed by atoms with Gasteiger partial charge in [-0.05, 0) is 61.0 Å². The molecule has 0 aliphatic heterocycles. The summed E-state index contributed by atoms with van der Waals surface area (Å²) in [6, 6.07) is 23.9. The minimum Gasteiger partial charge on any atom is -0.858 e. The van der Waals surface area contributed by atoms with E-state index in [1.807, 2.05) is 12.1 Å². The largest absolute Gasteiger partial charge is 0.858 e. The highest BCUT2D eigenvalue weighted by molar-refractivity contribution is 5.59. The quantitative estimate of drug-likeness (QED) is 0.269. The maximum Gasteiger partial charge on any atom is 0.273 e.